The second-order valence-electron chi connectivity index (χ2n) is 7.41. The Bertz CT molecular complexity index is 1300. The van der Waals surface area contributed by atoms with E-state index in [1.54, 1.807) is 34.9 Å². The molecule has 4 rings (SSSR count). The van der Waals surface area contributed by atoms with Crippen molar-refractivity contribution in [3.63, 3.8) is 0 Å². The van der Waals surface area contributed by atoms with Crippen molar-refractivity contribution in [3.05, 3.63) is 91.3 Å². The minimum atomic E-state index is -0.470. The van der Waals surface area contributed by atoms with Crippen molar-refractivity contribution in [1.29, 1.82) is 0 Å². The van der Waals surface area contributed by atoms with Gasteiger partial charge in [-0.25, -0.2) is 4.39 Å². The molecule has 0 unspecified atom stereocenters. The molecule has 2 heterocycles. The van der Waals surface area contributed by atoms with E-state index in [0.717, 1.165) is 30.6 Å². The molecule has 0 fully saturated rings. The molecule has 8 heteroatoms. The largest absolute Gasteiger partial charge is 0.495 e. The zero-order valence-corrected chi connectivity index (χ0v) is 19.7. The summed E-state index contributed by atoms with van der Waals surface area (Å²) in [6.07, 6.45) is 2.92. The Kier molecular flexibility index (Phi) is 7.36. The fraction of sp³-hybridized carbons (Fsp3) is 0.200. The molecule has 0 bridgehead atoms. The molecule has 0 aliphatic rings. The number of nitrogens with zero attached hydrogens (tertiary/aromatic N) is 1. The third-order valence-electron chi connectivity index (χ3n) is 5.21. The van der Waals surface area contributed by atoms with Gasteiger partial charge in [-0.3, -0.25) is 14.2 Å². The minimum absolute atomic E-state index is 0.166. The standard InChI is InChI=1S/C25H23FN2O3S2/c1-31-23-11-10-19(26)15-21(23)28-22(16-33-25(28)30)17-6-4-7-18(14-17)24(29)27-12-3-2-8-20-9-5-13-32-20/h4-7,9-11,13-16H,2-3,8,12H2,1H3,(H,27,29). The number of halogens is 1. The Hall–Kier alpha value is -3.23. The number of hydrogen-bond donors (Lipinski definition) is 1. The summed E-state index contributed by atoms with van der Waals surface area (Å²) >= 11 is 2.76. The molecule has 2 aromatic heterocycles. The van der Waals surface area contributed by atoms with E-state index in [1.807, 2.05) is 12.1 Å². The van der Waals surface area contributed by atoms with Gasteiger partial charge in [0, 0.05) is 34.0 Å². The third kappa shape index (κ3) is 5.40. The first-order valence-corrected chi connectivity index (χ1v) is 12.3. The summed E-state index contributed by atoms with van der Waals surface area (Å²) in [5, 5.41) is 6.74. The van der Waals surface area contributed by atoms with Crippen LogP contribution in [0.4, 0.5) is 4.39 Å². The van der Waals surface area contributed by atoms with E-state index in [9.17, 15) is 14.0 Å². The number of carbonyl (C=O) groups excluding carboxylic acids is 1. The molecule has 2 aromatic carbocycles. The molecular weight excluding hydrogens is 459 g/mol. The fourth-order valence-electron chi connectivity index (χ4n) is 3.58. The number of rotatable bonds is 9. The molecular formula is C25H23FN2O3S2. The quantitative estimate of drug-likeness (QED) is 0.319. The van der Waals surface area contributed by atoms with Gasteiger partial charge in [0.25, 0.3) is 5.91 Å². The number of aromatic nitrogens is 1. The lowest BCUT2D eigenvalue weighted by Gasteiger charge is -2.13. The van der Waals surface area contributed by atoms with Crippen LogP contribution in [0, 0.1) is 5.82 Å². The van der Waals surface area contributed by atoms with Crippen molar-refractivity contribution >= 4 is 28.6 Å². The van der Waals surface area contributed by atoms with Gasteiger partial charge in [0.15, 0.2) is 0 Å². The van der Waals surface area contributed by atoms with Gasteiger partial charge in [-0.05, 0) is 55.0 Å². The van der Waals surface area contributed by atoms with Crippen LogP contribution >= 0.6 is 22.7 Å². The SMILES string of the molecule is COc1ccc(F)cc1-n1c(-c2cccc(C(=O)NCCCCc3cccs3)c2)csc1=O. The normalized spacial score (nSPS) is 10.8. The third-order valence-corrected chi connectivity index (χ3v) is 6.87. The zero-order valence-electron chi connectivity index (χ0n) is 18.0. The Morgan fingerprint density at radius 1 is 1.09 bits per heavy atom. The van der Waals surface area contributed by atoms with Crippen LogP contribution in [0.3, 0.4) is 0 Å². The molecule has 0 saturated heterocycles. The number of amides is 1. The highest BCUT2D eigenvalue weighted by Gasteiger charge is 2.17. The van der Waals surface area contributed by atoms with E-state index in [1.165, 1.54) is 34.8 Å². The monoisotopic (exact) mass is 482 g/mol. The van der Waals surface area contributed by atoms with Crippen LogP contribution in [0.25, 0.3) is 16.9 Å². The number of thiophene rings is 1. The minimum Gasteiger partial charge on any atom is -0.495 e. The Balaban J connectivity index is 1.50. The first kappa shape index (κ1) is 22.9. The maximum atomic E-state index is 13.9. The molecule has 5 nitrogen and oxygen atoms in total. The highest BCUT2D eigenvalue weighted by molar-refractivity contribution is 7.09. The highest BCUT2D eigenvalue weighted by atomic mass is 32.1. The van der Waals surface area contributed by atoms with Crippen LogP contribution in [0.5, 0.6) is 5.75 Å². The van der Waals surface area contributed by atoms with Crippen molar-refractivity contribution in [2.24, 2.45) is 0 Å². The Morgan fingerprint density at radius 3 is 2.76 bits per heavy atom. The fourth-order valence-corrected chi connectivity index (χ4v) is 5.08. The molecule has 33 heavy (non-hydrogen) atoms. The van der Waals surface area contributed by atoms with Gasteiger partial charge >= 0.3 is 4.87 Å². The number of thiazole rings is 1. The lowest BCUT2D eigenvalue weighted by Crippen LogP contribution is -2.24. The molecule has 1 N–H and O–H groups in total. The molecule has 0 aliphatic carbocycles. The predicted molar refractivity (Wildman–Crippen MR) is 131 cm³/mol. The maximum absolute atomic E-state index is 13.9. The average Bonchev–Trinajstić information content (AvgIpc) is 3.48. The van der Waals surface area contributed by atoms with Crippen molar-refractivity contribution in [2.45, 2.75) is 19.3 Å². The van der Waals surface area contributed by atoms with Gasteiger partial charge < -0.3 is 10.1 Å². The summed E-state index contributed by atoms with van der Waals surface area (Å²) in [6.45, 7) is 0.595. The summed E-state index contributed by atoms with van der Waals surface area (Å²) in [6, 6.07) is 15.3. The van der Waals surface area contributed by atoms with E-state index < -0.39 is 5.82 Å². The lowest BCUT2D eigenvalue weighted by atomic mass is 10.1. The van der Waals surface area contributed by atoms with Gasteiger partial charge in [-0.15, -0.1) is 11.3 Å². The molecule has 0 radical (unpaired) electrons. The first-order chi connectivity index (χ1) is 16.1. The molecule has 1 amide bonds. The summed E-state index contributed by atoms with van der Waals surface area (Å²) in [7, 11) is 1.47. The topological polar surface area (TPSA) is 60.3 Å². The van der Waals surface area contributed by atoms with Crippen LogP contribution < -0.4 is 14.9 Å². The summed E-state index contributed by atoms with van der Waals surface area (Å²) < 4.78 is 20.7. The van der Waals surface area contributed by atoms with E-state index in [2.05, 4.69) is 16.8 Å². The number of aryl methyl sites for hydroxylation is 1. The molecule has 4 aromatic rings. The number of benzene rings is 2. The van der Waals surface area contributed by atoms with E-state index >= 15 is 0 Å². The van der Waals surface area contributed by atoms with Crippen molar-refractivity contribution in [3.8, 4) is 22.7 Å². The number of methoxy groups -OCH3 is 1. The second-order valence-corrected chi connectivity index (χ2v) is 9.26. The van der Waals surface area contributed by atoms with Crippen LogP contribution in [-0.2, 0) is 6.42 Å². The lowest BCUT2D eigenvalue weighted by molar-refractivity contribution is 0.0953. The number of hydrogen-bond acceptors (Lipinski definition) is 5. The van der Waals surface area contributed by atoms with Gasteiger partial charge in [0.2, 0.25) is 0 Å². The Morgan fingerprint density at radius 2 is 1.97 bits per heavy atom. The molecule has 0 aliphatic heterocycles. The van der Waals surface area contributed by atoms with Crippen LogP contribution in [0.2, 0.25) is 0 Å². The van der Waals surface area contributed by atoms with E-state index in [0.29, 0.717) is 34.8 Å². The first-order valence-electron chi connectivity index (χ1n) is 10.5. The predicted octanol–water partition coefficient (Wildman–Crippen LogP) is 5.53. The summed E-state index contributed by atoms with van der Waals surface area (Å²) in [5.41, 5.74) is 2.08. The Labute approximate surface area is 199 Å². The number of unbranched alkanes of at least 4 members (excludes halogenated alkanes) is 1. The van der Waals surface area contributed by atoms with Crippen molar-refractivity contribution < 1.29 is 13.9 Å². The van der Waals surface area contributed by atoms with Gasteiger partial charge in [0.1, 0.15) is 11.6 Å². The van der Waals surface area contributed by atoms with Crippen molar-refractivity contribution in [2.75, 3.05) is 13.7 Å². The number of nitrogens with one attached hydrogen (secondary N) is 1. The number of ether oxygens (including phenoxy) is 1. The summed E-state index contributed by atoms with van der Waals surface area (Å²) in [5.74, 6) is -0.253. The maximum Gasteiger partial charge on any atom is 0.312 e. The van der Waals surface area contributed by atoms with Crippen molar-refractivity contribution in [1.82, 2.24) is 9.88 Å². The molecule has 0 spiro atoms. The zero-order chi connectivity index (χ0) is 23.2. The van der Waals surface area contributed by atoms with E-state index in [-0.39, 0.29) is 10.8 Å². The van der Waals surface area contributed by atoms with Crippen LogP contribution in [0.15, 0.2) is 70.2 Å². The van der Waals surface area contributed by atoms with Gasteiger partial charge in [-0.2, -0.15) is 0 Å². The highest BCUT2D eigenvalue weighted by Crippen LogP contribution is 2.29. The number of carbonyl (C=O) groups is 1. The molecule has 170 valence electrons. The van der Waals surface area contributed by atoms with Crippen LogP contribution in [-0.4, -0.2) is 24.1 Å². The van der Waals surface area contributed by atoms with E-state index in [4.69, 9.17) is 4.74 Å². The molecule has 0 saturated carbocycles. The molecule has 0 atom stereocenters. The summed E-state index contributed by atoms with van der Waals surface area (Å²) in [4.78, 5) is 26.4. The second kappa shape index (κ2) is 10.6. The van der Waals surface area contributed by atoms with Gasteiger partial charge in [-0.1, -0.05) is 29.5 Å². The van der Waals surface area contributed by atoms with Gasteiger partial charge in [0.05, 0.1) is 18.5 Å². The smallest absolute Gasteiger partial charge is 0.312 e. The average molecular weight is 483 g/mol. The van der Waals surface area contributed by atoms with Crippen LogP contribution in [0.1, 0.15) is 28.1 Å².